The Morgan fingerprint density at radius 1 is 1.05 bits per heavy atom. The van der Waals surface area contributed by atoms with Crippen LogP contribution in [0.5, 0.6) is 0 Å². The molecule has 3 rings (SSSR count). The largest absolute Gasteiger partial charge is 0.392 e. The highest BCUT2D eigenvalue weighted by Gasteiger charge is 2.08. The van der Waals surface area contributed by atoms with Gasteiger partial charge in [-0.25, -0.2) is 4.98 Å². The molecule has 2 aromatic heterocycles. The van der Waals surface area contributed by atoms with E-state index in [-0.39, 0.29) is 6.61 Å². The molecule has 19 heavy (non-hydrogen) atoms. The van der Waals surface area contributed by atoms with Crippen molar-refractivity contribution in [1.82, 2.24) is 9.97 Å². The predicted octanol–water partition coefficient (Wildman–Crippen LogP) is 3.44. The molecule has 0 fully saturated rings. The molecule has 3 nitrogen and oxygen atoms in total. The summed E-state index contributed by atoms with van der Waals surface area (Å²) in [4.78, 5) is 8.83. The van der Waals surface area contributed by atoms with Gasteiger partial charge in [0.15, 0.2) is 0 Å². The second kappa shape index (κ2) is 4.96. The Morgan fingerprint density at radius 2 is 1.95 bits per heavy atom. The van der Waals surface area contributed by atoms with Gasteiger partial charge in [-0.1, -0.05) is 23.7 Å². The SMILES string of the molecule is OCc1cc(-c2ccccn2)nc2cc(Cl)ccc12. The second-order valence-electron chi connectivity index (χ2n) is 4.20. The zero-order valence-corrected chi connectivity index (χ0v) is 10.8. The van der Waals surface area contributed by atoms with Crippen LogP contribution in [-0.4, -0.2) is 15.1 Å². The highest BCUT2D eigenvalue weighted by molar-refractivity contribution is 6.31. The maximum Gasteiger partial charge on any atom is 0.0897 e. The smallest absolute Gasteiger partial charge is 0.0897 e. The average molecular weight is 271 g/mol. The van der Waals surface area contributed by atoms with E-state index in [2.05, 4.69) is 9.97 Å². The fourth-order valence-electron chi connectivity index (χ4n) is 2.05. The van der Waals surface area contributed by atoms with Gasteiger partial charge in [0.2, 0.25) is 0 Å². The van der Waals surface area contributed by atoms with Gasteiger partial charge in [-0.2, -0.15) is 0 Å². The number of aliphatic hydroxyl groups is 1. The van der Waals surface area contributed by atoms with Gasteiger partial charge in [0, 0.05) is 16.6 Å². The van der Waals surface area contributed by atoms with Gasteiger partial charge in [0.25, 0.3) is 0 Å². The van der Waals surface area contributed by atoms with Gasteiger partial charge in [0.05, 0.1) is 23.5 Å². The quantitative estimate of drug-likeness (QED) is 0.776. The lowest BCUT2D eigenvalue weighted by molar-refractivity contribution is 0.283. The first-order chi connectivity index (χ1) is 9.28. The second-order valence-corrected chi connectivity index (χ2v) is 4.64. The number of halogens is 1. The molecule has 0 aliphatic carbocycles. The summed E-state index contributed by atoms with van der Waals surface area (Å²) in [6.45, 7) is -0.0412. The molecule has 0 saturated carbocycles. The summed E-state index contributed by atoms with van der Waals surface area (Å²) >= 11 is 5.99. The van der Waals surface area contributed by atoms with Crippen LogP contribution in [0, 0.1) is 0 Å². The first kappa shape index (κ1) is 12.1. The number of hydrogen-bond acceptors (Lipinski definition) is 3. The normalized spacial score (nSPS) is 10.8. The molecule has 3 aromatic rings. The van der Waals surface area contributed by atoms with Crippen molar-refractivity contribution in [1.29, 1.82) is 0 Å². The van der Waals surface area contributed by atoms with Gasteiger partial charge in [-0.05, 0) is 35.9 Å². The zero-order valence-electron chi connectivity index (χ0n) is 10.0. The van der Waals surface area contributed by atoms with Gasteiger partial charge < -0.3 is 5.11 Å². The Bertz CT molecular complexity index is 729. The lowest BCUT2D eigenvalue weighted by Gasteiger charge is -2.07. The van der Waals surface area contributed by atoms with E-state index in [1.54, 1.807) is 18.3 Å². The molecule has 0 unspecified atom stereocenters. The molecule has 0 aliphatic rings. The fourth-order valence-corrected chi connectivity index (χ4v) is 2.22. The van der Waals surface area contributed by atoms with Crippen LogP contribution in [0.15, 0.2) is 48.7 Å². The molecule has 1 aromatic carbocycles. The van der Waals surface area contributed by atoms with Gasteiger partial charge in [-0.3, -0.25) is 4.98 Å². The highest BCUT2D eigenvalue weighted by atomic mass is 35.5. The van der Waals surface area contributed by atoms with Crippen molar-refractivity contribution in [3.8, 4) is 11.4 Å². The summed E-state index contributed by atoms with van der Waals surface area (Å²) in [7, 11) is 0. The molecule has 0 atom stereocenters. The molecule has 4 heteroatoms. The fraction of sp³-hybridized carbons (Fsp3) is 0.0667. The molecule has 1 N–H and O–H groups in total. The Hall–Kier alpha value is -1.97. The maximum absolute atomic E-state index is 9.50. The summed E-state index contributed by atoms with van der Waals surface area (Å²) in [5.41, 5.74) is 3.10. The number of pyridine rings is 2. The molecule has 94 valence electrons. The standard InChI is InChI=1S/C15H11ClN2O/c16-11-4-5-12-10(9-19)7-15(18-14(12)8-11)13-3-1-2-6-17-13/h1-8,19H,9H2. The van der Waals surface area contributed by atoms with E-state index in [1.165, 1.54) is 0 Å². The topological polar surface area (TPSA) is 46.0 Å². The van der Waals surface area contributed by atoms with Crippen LogP contribution >= 0.6 is 11.6 Å². The number of aliphatic hydroxyl groups excluding tert-OH is 1. The molecule has 0 aliphatic heterocycles. The van der Waals surface area contributed by atoms with Crippen LogP contribution in [0.1, 0.15) is 5.56 Å². The Morgan fingerprint density at radius 3 is 2.68 bits per heavy atom. The number of nitrogens with zero attached hydrogens (tertiary/aromatic N) is 2. The lowest BCUT2D eigenvalue weighted by atomic mass is 10.1. The summed E-state index contributed by atoms with van der Waals surface area (Å²) in [5, 5.41) is 11.0. The summed E-state index contributed by atoms with van der Waals surface area (Å²) < 4.78 is 0. The Labute approximate surface area is 115 Å². The maximum atomic E-state index is 9.50. The molecule has 0 saturated heterocycles. The Kier molecular flexibility index (Phi) is 3.15. The average Bonchev–Trinajstić information content (AvgIpc) is 2.46. The third kappa shape index (κ3) is 2.30. The third-order valence-electron chi connectivity index (χ3n) is 2.96. The number of rotatable bonds is 2. The molecular formula is C15H11ClN2O. The van der Waals surface area contributed by atoms with Gasteiger partial charge in [0.1, 0.15) is 0 Å². The van der Waals surface area contributed by atoms with Crippen molar-refractivity contribution in [3.63, 3.8) is 0 Å². The monoisotopic (exact) mass is 270 g/mol. The van der Waals surface area contributed by atoms with E-state index < -0.39 is 0 Å². The van der Waals surface area contributed by atoms with E-state index in [4.69, 9.17) is 11.6 Å². The predicted molar refractivity (Wildman–Crippen MR) is 75.9 cm³/mol. The molecule has 0 amide bonds. The van der Waals surface area contributed by atoms with E-state index in [0.29, 0.717) is 5.02 Å². The van der Waals surface area contributed by atoms with Crippen molar-refractivity contribution in [2.24, 2.45) is 0 Å². The molecule has 0 spiro atoms. The first-order valence-corrected chi connectivity index (χ1v) is 6.27. The minimum Gasteiger partial charge on any atom is -0.392 e. The van der Waals surface area contributed by atoms with Crippen molar-refractivity contribution >= 4 is 22.5 Å². The van der Waals surface area contributed by atoms with E-state index in [9.17, 15) is 5.11 Å². The van der Waals surface area contributed by atoms with Crippen LogP contribution in [0.25, 0.3) is 22.3 Å². The minimum atomic E-state index is -0.0412. The number of hydrogen-bond donors (Lipinski definition) is 1. The molecular weight excluding hydrogens is 260 g/mol. The van der Waals surface area contributed by atoms with Crippen LogP contribution in [-0.2, 0) is 6.61 Å². The van der Waals surface area contributed by atoms with Crippen LogP contribution in [0.4, 0.5) is 0 Å². The minimum absolute atomic E-state index is 0.0412. The highest BCUT2D eigenvalue weighted by Crippen LogP contribution is 2.25. The van der Waals surface area contributed by atoms with Crippen molar-refractivity contribution in [2.45, 2.75) is 6.61 Å². The van der Waals surface area contributed by atoms with Gasteiger partial charge in [-0.15, -0.1) is 0 Å². The summed E-state index contributed by atoms with van der Waals surface area (Å²) in [6, 6.07) is 13.0. The van der Waals surface area contributed by atoms with Crippen LogP contribution in [0.2, 0.25) is 5.02 Å². The number of fused-ring (bicyclic) bond motifs is 1. The summed E-state index contributed by atoms with van der Waals surface area (Å²) in [5.74, 6) is 0. The van der Waals surface area contributed by atoms with Crippen molar-refractivity contribution < 1.29 is 5.11 Å². The van der Waals surface area contributed by atoms with E-state index in [0.717, 1.165) is 27.9 Å². The molecule has 0 bridgehead atoms. The lowest BCUT2D eigenvalue weighted by Crippen LogP contribution is -1.93. The third-order valence-corrected chi connectivity index (χ3v) is 3.19. The van der Waals surface area contributed by atoms with E-state index >= 15 is 0 Å². The van der Waals surface area contributed by atoms with Crippen LogP contribution < -0.4 is 0 Å². The number of benzene rings is 1. The van der Waals surface area contributed by atoms with Crippen molar-refractivity contribution in [2.75, 3.05) is 0 Å². The van der Waals surface area contributed by atoms with Crippen LogP contribution in [0.3, 0.4) is 0 Å². The molecule has 0 radical (unpaired) electrons. The first-order valence-electron chi connectivity index (χ1n) is 5.89. The van der Waals surface area contributed by atoms with Gasteiger partial charge >= 0.3 is 0 Å². The van der Waals surface area contributed by atoms with Crippen molar-refractivity contribution in [3.05, 3.63) is 59.2 Å². The molecule has 2 heterocycles. The number of aromatic nitrogens is 2. The van der Waals surface area contributed by atoms with E-state index in [1.807, 2.05) is 30.3 Å². The zero-order chi connectivity index (χ0) is 13.2. The summed E-state index contributed by atoms with van der Waals surface area (Å²) in [6.07, 6.45) is 1.72. The Balaban J connectivity index is 2.27.